The van der Waals surface area contributed by atoms with Gasteiger partial charge >= 0.3 is 0 Å². The van der Waals surface area contributed by atoms with Crippen molar-refractivity contribution in [2.24, 2.45) is 10.9 Å². The molecule has 1 heterocycles. The van der Waals surface area contributed by atoms with Crippen molar-refractivity contribution in [1.29, 1.82) is 0 Å². The lowest BCUT2D eigenvalue weighted by Crippen LogP contribution is -2.40. The molecule has 0 aliphatic heterocycles. The number of rotatable bonds is 3. The third kappa shape index (κ3) is 3.61. The first-order chi connectivity index (χ1) is 9.99. The summed E-state index contributed by atoms with van der Waals surface area (Å²) in [5.41, 5.74) is 1.41. The molecule has 0 saturated heterocycles. The minimum Gasteiger partial charge on any atom is -0.360 e. The Hall–Kier alpha value is -2.34. The molecule has 0 fully saturated rings. The first-order valence-corrected chi connectivity index (χ1v) is 6.83. The van der Waals surface area contributed by atoms with Gasteiger partial charge in [0, 0.05) is 30.7 Å². The molecule has 2 rings (SSSR count). The number of para-hydroxylation sites is 1. The van der Waals surface area contributed by atoms with Crippen LogP contribution in [0.15, 0.2) is 35.5 Å². The maximum absolute atomic E-state index is 12.3. The van der Waals surface area contributed by atoms with Crippen LogP contribution in [0.4, 0.5) is 0 Å². The second kappa shape index (κ2) is 6.41. The van der Waals surface area contributed by atoms with E-state index in [9.17, 15) is 10.0 Å². The van der Waals surface area contributed by atoms with E-state index < -0.39 is 0 Å². The predicted molar refractivity (Wildman–Crippen MR) is 82.5 cm³/mol. The van der Waals surface area contributed by atoms with Gasteiger partial charge < -0.3 is 4.98 Å². The number of aliphatic imine (C=N–C) groups is 1. The number of carbonyl (C=O) groups is 1. The molecule has 6 heteroatoms. The Morgan fingerprint density at radius 3 is 2.81 bits per heavy atom. The molecule has 0 spiro atoms. The van der Waals surface area contributed by atoms with Gasteiger partial charge in [-0.15, -0.1) is 0 Å². The maximum atomic E-state index is 12.3. The highest BCUT2D eigenvalue weighted by molar-refractivity contribution is 6.12. The lowest BCUT2D eigenvalue weighted by atomic mass is 10.1. The number of hydrogen-bond acceptors (Lipinski definition) is 3. The molecular weight excluding hydrogens is 268 g/mol. The second-order valence-electron chi connectivity index (χ2n) is 5.28. The molecule has 0 bridgehead atoms. The number of aromatic nitrogens is 1. The fourth-order valence-corrected chi connectivity index (χ4v) is 1.92. The summed E-state index contributed by atoms with van der Waals surface area (Å²) in [7, 11) is 1.43. The summed E-state index contributed by atoms with van der Waals surface area (Å²) in [5.74, 6) is 0.166. The highest BCUT2D eigenvalue weighted by atomic mass is 16.5. The SMILES string of the molecule is CC(C)CN=C(NC(=O)c1c[nH]c2ccccc12)N(C)O. The van der Waals surface area contributed by atoms with Gasteiger partial charge in [0.25, 0.3) is 5.91 Å². The van der Waals surface area contributed by atoms with Crippen molar-refractivity contribution in [3.8, 4) is 0 Å². The lowest BCUT2D eigenvalue weighted by molar-refractivity contribution is 0.00880. The zero-order valence-electron chi connectivity index (χ0n) is 12.4. The zero-order chi connectivity index (χ0) is 15.4. The number of benzene rings is 1. The average molecular weight is 288 g/mol. The first-order valence-electron chi connectivity index (χ1n) is 6.83. The molecule has 1 amide bonds. The summed E-state index contributed by atoms with van der Waals surface area (Å²) in [5, 5.41) is 13.8. The predicted octanol–water partition coefficient (Wildman–Crippen LogP) is 2.23. The largest absolute Gasteiger partial charge is 0.360 e. The first kappa shape index (κ1) is 15.1. The van der Waals surface area contributed by atoms with E-state index in [0.29, 0.717) is 18.0 Å². The highest BCUT2D eigenvalue weighted by Gasteiger charge is 2.15. The fraction of sp³-hybridized carbons (Fsp3) is 0.333. The van der Waals surface area contributed by atoms with Gasteiger partial charge in [-0.1, -0.05) is 32.0 Å². The molecule has 6 nitrogen and oxygen atoms in total. The summed E-state index contributed by atoms with van der Waals surface area (Å²) in [4.78, 5) is 19.6. The number of hydroxylamine groups is 2. The molecule has 0 aliphatic rings. The van der Waals surface area contributed by atoms with Crippen molar-refractivity contribution in [3.63, 3.8) is 0 Å². The quantitative estimate of drug-likeness (QED) is 0.460. The average Bonchev–Trinajstić information content (AvgIpc) is 2.86. The summed E-state index contributed by atoms with van der Waals surface area (Å²) >= 11 is 0. The van der Waals surface area contributed by atoms with Crippen molar-refractivity contribution in [1.82, 2.24) is 15.4 Å². The molecule has 0 unspecified atom stereocenters. The number of aromatic amines is 1. The Labute approximate surface area is 123 Å². The number of nitrogens with one attached hydrogen (secondary N) is 2. The van der Waals surface area contributed by atoms with Crippen LogP contribution in [0.2, 0.25) is 0 Å². The number of guanidine groups is 1. The lowest BCUT2D eigenvalue weighted by Gasteiger charge is -2.15. The molecule has 1 aromatic carbocycles. The minimum atomic E-state index is -0.309. The molecule has 1 aromatic heterocycles. The van der Waals surface area contributed by atoms with Crippen LogP contribution in [0.3, 0.4) is 0 Å². The van der Waals surface area contributed by atoms with Gasteiger partial charge in [0.15, 0.2) is 0 Å². The van der Waals surface area contributed by atoms with Crippen LogP contribution in [-0.2, 0) is 0 Å². The van der Waals surface area contributed by atoms with E-state index in [2.05, 4.69) is 15.3 Å². The number of amides is 1. The summed E-state index contributed by atoms with van der Waals surface area (Å²) in [6.45, 7) is 4.55. The van der Waals surface area contributed by atoms with Gasteiger partial charge in [-0.25, -0.2) is 5.06 Å². The highest BCUT2D eigenvalue weighted by Crippen LogP contribution is 2.17. The molecule has 0 saturated carbocycles. The van der Waals surface area contributed by atoms with Crippen molar-refractivity contribution >= 4 is 22.8 Å². The molecular formula is C15H20N4O2. The monoisotopic (exact) mass is 288 g/mol. The van der Waals surface area contributed by atoms with E-state index in [1.165, 1.54) is 7.05 Å². The summed E-state index contributed by atoms with van der Waals surface area (Å²) in [6.07, 6.45) is 1.65. The smallest absolute Gasteiger partial charge is 0.260 e. The zero-order valence-corrected chi connectivity index (χ0v) is 12.4. The third-order valence-corrected chi connectivity index (χ3v) is 2.97. The van der Waals surface area contributed by atoms with Crippen LogP contribution in [0.1, 0.15) is 24.2 Å². The molecule has 2 aromatic rings. The molecule has 3 N–H and O–H groups in total. The number of hydrogen-bond donors (Lipinski definition) is 3. The normalized spacial score (nSPS) is 12.0. The van der Waals surface area contributed by atoms with E-state index in [1.54, 1.807) is 6.20 Å². The van der Waals surface area contributed by atoms with Crippen LogP contribution in [0, 0.1) is 5.92 Å². The number of fused-ring (bicyclic) bond motifs is 1. The molecule has 0 aliphatic carbocycles. The van der Waals surface area contributed by atoms with Crippen molar-refractivity contribution in [2.45, 2.75) is 13.8 Å². The van der Waals surface area contributed by atoms with Gasteiger partial charge in [0.2, 0.25) is 5.96 Å². The number of H-pyrrole nitrogens is 1. The van der Waals surface area contributed by atoms with Gasteiger partial charge in [0.1, 0.15) is 0 Å². The Balaban J connectivity index is 2.21. The minimum absolute atomic E-state index is 0.138. The van der Waals surface area contributed by atoms with Crippen molar-refractivity contribution in [3.05, 3.63) is 36.0 Å². The third-order valence-electron chi connectivity index (χ3n) is 2.97. The van der Waals surface area contributed by atoms with E-state index in [0.717, 1.165) is 16.0 Å². The van der Waals surface area contributed by atoms with Gasteiger partial charge in [-0.2, -0.15) is 0 Å². The van der Waals surface area contributed by atoms with Gasteiger partial charge in [0.05, 0.1) is 5.56 Å². The topological polar surface area (TPSA) is 80.7 Å². The van der Waals surface area contributed by atoms with E-state index in [4.69, 9.17) is 0 Å². The Morgan fingerprint density at radius 1 is 1.43 bits per heavy atom. The molecule has 0 radical (unpaired) electrons. The number of carbonyl (C=O) groups excluding carboxylic acids is 1. The number of nitrogens with zero attached hydrogens (tertiary/aromatic N) is 2. The van der Waals surface area contributed by atoms with Gasteiger partial charge in [-0.05, 0) is 12.0 Å². The molecule has 112 valence electrons. The fourth-order valence-electron chi connectivity index (χ4n) is 1.92. The van der Waals surface area contributed by atoms with E-state index in [-0.39, 0.29) is 11.9 Å². The standard InChI is InChI=1S/C15H20N4O2/c1-10(2)8-17-15(19(3)21)18-14(20)12-9-16-13-7-5-4-6-11(12)13/h4-7,9-10,16,21H,8H2,1-3H3,(H,17,18,20). The van der Waals surface area contributed by atoms with Crippen molar-refractivity contribution in [2.75, 3.05) is 13.6 Å². The van der Waals surface area contributed by atoms with Crippen molar-refractivity contribution < 1.29 is 10.0 Å². The Morgan fingerprint density at radius 2 is 2.14 bits per heavy atom. The van der Waals surface area contributed by atoms with Gasteiger partial charge in [-0.3, -0.25) is 20.3 Å². The van der Waals surface area contributed by atoms with Crippen LogP contribution in [0.5, 0.6) is 0 Å². The summed E-state index contributed by atoms with van der Waals surface area (Å²) in [6, 6.07) is 7.54. The maximum Gasteiger partial charge on any atom is 0.260 e. The summed E-state index contributed by atoms with van der Waals surface area (Å²) < 4.78 is 0. The Bertz CT molecular complexity index is 658. The van der Waals surface area contributed by atoms with E-state index >= 15 is 0 Å². The second-order valence-corrected chi connectivity index (χ2v) is 5.28. The molecule has 0 atom stereocenters. The van der Waals surface area contributed by atoms with Crippen LogP contribution in [0.25, 0.3) is 10.9 Å². The molecule has 21 heavy (non-hydrogen) atoms. The van der Waals surface area contributed by atoms with Crippen LogP contribution >= 0.6 is 0 Å². The van der Waals surface area contributed by atoms with Crippen LogP contribution in [-0.4, -0.2) is 40.7 Å². The van der Waals surface area contributed by atoms with E-state index in [1.807, 2.05) is 38.1 Å². The Kier molecular flexibility index (Phi) is 4.59. The van der Waals surface area contributed by atoms with Crippen LogP contribution < -0.4 is 5.32 Å².